The van der Waals surface area contributed by atoms with Crippen molar-refractivity contribution in [1.82, 2.24) is 0 Å². The van der Waals surface area contributed by atoms with Gasteiger partial charge in [-0.15, -0.1) is 0 Å². The van der Waals surface area contributed by atoms with Gasteiger partial charge in [-0.3, -0.25) is 4.52 Å². The number of hydrogen-bond acceptors (Lipinski definition) is 10. The molecule has 0 radical (unpaired) electrons. The van der Waals surface area contributed by atoms with Crippen molar-refractivity contribution in [3.05, 3.63) is 20.9 Å². The lowest BCUT2D eigenvalue weighted by molar-refractivity contribution is -0.0634. The van der Waals surface area contributed by atoms with Gasteiger partial charge < -0.3 is 29.0 Å². The van der Waals surface area contributed by atoms with Gasteiger partial charge in [0.15, 0.2) is 0 Å². The number of rotatable bonds is 11. The fourth-order valence-corrected chi connectivity index (χ4v) is 5.03. The van der Waals surface area contributed by atoms with Crippen molar-refractivity contribution in [1.29, 1.82) is 0 Å². The number of hydrogen-bond donors (Lipinski definition) is 4. The van der Waals surface area contributed by atoms with Gasteiger partial charge in [-0.1, -0.05) is 10.2 Å². The molecule has 1 rings (SSSR count). The fraction of sp³-hybridized carbons (Fsp3) is 1.00. The highest BCUT2D eigenvalue weighted by molar-refractivity contribution is 7.66. The van der Waals surface area contributed by atoms with Crippen molar-refractivity contribution in [3.63, 3.8) is 0 Å². The maximum atomic E-state index is 11.7. The molecule has 18 nitrogen and oxygen atoms in total. The molecule has 0 aromatic rings. The largest absolute Gasteiger partial charge is 0.490 e. The summed E-state index contributed by atoms with van der Waals surface area (Å²) in [4.78, 5) is 40.2. The molecule has 158 valence electrons. The molecule has 1 saturated heterocycles. The first-order chi connectivity index (χ1) is 12.8. The van der Waals surface area contributed by atoms with E-state index in [9.17, 15) is 18.6 Å². The third-order valence-corrected chi connectivity index (χ3v) is 6.60. The van der Waals surface area contributed by atoms with Crippen LogP contribution in [0.5, 0.6) is 0 Å². The maximum absolute atomic E-state index is 11.7. The van der Waals surface area contributed by atoms with Gasteiger partial charge in [-0.05, 0) is 17.5 Å². The van der Waals surface area contributed by atoms with E-state index < -0.39 is 54.6 Å². The molecule has 0 spiro atoms. The van der Waals surface area contributed by atoms with E-state index in [1.54, 1.807) is 7.85 Å². The minimum absolute atomic E-state index is 0.169. The van der Waals surface area contributed by atoms with Crippen LogP contribution in [0.3, 0.4) is 0 Å². The topological polar surface area (TPSA) is 276 Å². The van der Waals surface area contributed by atoms with Crippen molar-refractivity contribution >= 4 is 31.3 Å². The molecule has 2 unspecified atom stereocenters. The Morgan fingerprint density at radius 3 is 2.18 bits per heavy atom. The molecule has 0 amide bonds. The van der Waals surface area contributed by atoms with Gasteiger partial charge in [0.25, 0.3) is 0 Å². The Hall–Kier alpha value is -0.985. The summed E-state index contributed by atoms with van der Waals surface area (Å²) in [6.07, 6.45) is -3.45. The predicted molar refractivity (Wildman–Crippen MR) is 88.6 cm³/mol. The Morgan fingerprint density at radius 1 is 1.11 bits per heavy atom. The van der Waals surface area contributed by atoms with Crippen LogP contribution < -0.4 is 0 Å². The highest BCUT2D eigenvalue weighted by Gasteiger charge is 2.42. The summed E-state index contributed by atoms with van der Waals surface area (Å²) in [5.41, 5.74) is 16.8. The van der Waals surface area contributed by atoms with Gasteiger partial charge in [0.2, 0.25) is 6.35 Å². The van der Waals surface area contributed by atoms with Crippen molar-refractivity contribution in [2.24, 2.45) is 10.2 Å². The zero-order chi connectivity index (χ0) is 21.6. The highest BCUT2D eigenvalue weighted by Crippen LogP contribution is 2.66. The third kappa shape index (κ3) is 9.48. The standard InChI is InChI=1S/C6H14BN6O12P3/c7-5-1-3(23-6(10-12-8)11-13-9)4(22-5)2-21-27(17,18)25-28(19,20)24-26(14,15)16/h3-6H,1-2,7H2,(H,17,18)(H,19,20)(H2,14,15,16)/t3-,4-,5-/m1/s1. The molecular formula is C6H14BN6O12P3. The van der Waals surface area contributed by atoms with E-state index in [0.29, 0.717) is 0 Å². The van der Waals surface area contributed by atoms with E-state index in [2.05, 4.69) is 33.2 Å². The van der Waals surface area contributed by atoms with Crippen LogP contribution in [0.2, 0.25) is 0 Å². The fourth-order valence-electron chi connectivity index (χ4n) is 2.00. The molecule has 0 aromatic carbocycles. The third-order valence-electron chi connectivity index (χ3n) is 2.80. The van der Waals surface area contributed by atoms with E-state index >= 15 is 0 Å². The maximum Gasteiger partial charge on any atom is 0.490 e. The SMILES string of the molecule is B[C@H]1C[C@@H](OC(N=[N+]=[N-])N=[N+]=[N-])[C@@H](COP(=O)(O)OP(=O)(O)OP(=O)(O)O)O1. The first kappa shape index (κ1) is 25.1. The van der Waals surface area contributed by atoms with Crippen LogP contribution in [0.15, 0.2) is 10.2 Å². The van der Waals surface area contributed by atoms with Gasteiger partial charge in [0.05, 0.1) is 12.7 Å². The summed E-state index contributed by atoms with van der Waals surface area (Å²) >= 11 is 0. The van der Waals surface area contributed by atoms with Crippen LogP contribution in [0.1, 0.15) is 6.42 Å². The van der Waals surface area contributed by atoms with Crippen molar-refractivity contribution in [3.8, 4) is 0 Å². The van der Waals surface area contributed by atoms with Crippen LogP contribution >= 0.6 is 23.5 Å². The lowest BCUT2D eigenvalue weighted by atomic mass is 9.96. The first-order valence-electron chi connectivity index (χ1n) is 6.94. The molecule has 5 atom stereocenters. The molecule has 1 fully saturated rings. The second-order valence-electron chi connectivity index (χ2n) is 5.02. The van der Waals surface area contributed by atoms with E-state index in [1.807, 2.05) is 0 Å². The number of phosphoric ester groups is 1. The van der Waals surface area contributed by atoms with Crippen LogP contribution in [-0.4, -0.2) is 58.6 Å². The summed E-state index contributed by atoms with van der Waals surface area (Å²) in [7, 11) is -14.9. The molecule has 4 N–H and O–H groups in total. The quantitative estimate of drug-likeness (QED) is 0.106. The average molecular weight is 466 g/mol. The number of azide groups is 1. The van der Waals surface area contributed by atoms with Gasteiger partial charge in [-0.2, -0.15) is 8.62 Å². The zero-order valence-corrected chi connectivity index (χ0v) is 16.5. The summed E-state index contributed by atoms with van der Waals surface area (Å²) in [5.74, 6) is 0. The minimum atomic E-state index is -5.65. The van der Waals surface area contributed by atoms with Crippen LogP contribution in [0, 0.1) is 0 Å². The Bertz CT molecular complexity index is 777. The Morgan fingerprint density at radius 2 is 1.68 bits per heavy atom. The van der Waals surface area contributed by atoms with Gasteiger partial charge >= 0.3 is 23.5 Å². The summed E-state index contributed by atoms with van der Waals surface area (Å²) in [6, 6.07) is -0.461. The van der Waals surface area contributed by atoms with Crippen LogP contribution in [-0.2, 0) is 36.3 Å². The molecule has 0 saturated carbocycles. The molecule has 0 aromatic heterocycles. The van der Waals surface area contributed by atoms with Crippen molar-refractivity contribution in [2.75, 3.05) is 6.61 Å². The Kier molecular flexibility index (Phi) is 9.10. The number of phosphoric acid groups is 3. The number of ether oxygens (including phenoxy) is 2. The highest BCUT2D eigenvalue weighted by atomic mass is 31.3. The van der Waals surface area contributed by atoms with Crippen LogP contribution in [0.25, 0.3) is 20.9 Å². The van der Waals surface area contributed by atoms with Crippen LogP contribution in [0.4, 0.5) is 0 Å². The molecule has 28 heavy (non-hydrogen) atoms. The van der Waals surface area contributed by atoms with Gasteiger partial charge in [-0.25, -0.2) is 13.7 Å². The molecule has 1 aliphatic heterocycles. The minimum Gasteiger partial charge on any atom is -0.379 e. The zero-order valence-electron chi connectivity index (χ0n) is 13.8. The van der Waals surface area contributed by atoms with Crippen molar-refractivity contribution < 1.29 is 55.9 Å². The number of nitrogens with zero attached hydrogens (tertiary/aromatic N) is 6. The predicted octanol–water partition coefficient (Wildman–Crippen LogP) is 0.367. The molecule has 1 aliphatic rings. The Labute approximate surface area is 156 Å². The molecule has 22 heteroatoms. The molecular weight excluding hydrogens is 452 g/mol. The Balaban J connectivity index is 2.75. The summed E-state index contributed by atoms with van der Waals surface area (Å²) in [6.45, 7) is -0.766. The smallest absolute Gasteiger partial charge is 0.379 e. The monoisotopic (exact) mass is 466 g/mol. The van der Waals surface area contributed by atoms with E-state index in [0.717, 1.165) is 0 Å². The molecule has 0 bridgehead atoms. The summed E-state index contributed by atoms with van der Waals surface area (Å²) < 4.78 is 55.7. The lowest BCUT2D eigenvalue weighted by Crippen LogP contribution is -2.31. The van der Waals surface area contributed by atoms with Crippen molar-refractivity contribution in [2.45, 2.75) is 31.0 Å². The van der Waals surface area contributed by atoms with Gasteiger partial charge in [0.1, 0.15) is 14.0 Å². The normalized spacial score (nSPS) is 27.6. The average Bonchev–Trinajstić information content (AvgIpc) is 2.82. The van der Waals surface area contributed by atoms with E-state index in [4.69, 9.17) is 35.2 Å². The second-order valence-corrected chi connectivity index (χ2v) is 9.44. The first-order valence-corrected chi connectivity index (χ1v) is 11.5. The van der Waals surface area contributed by atoms with E-state index in [1.165, 1.54) is 0 Å². The second kappa shape index (κ2) is 10.2. The lowest BCUT2D eigenvalue weighted by Gasteiger charge is -2.22. The molecule has 1 heterocycles. The van der Waals surface area contributed by atoms with Gasteiger partial charge in [0, 0.05) is 15.8 Å². The summed E-state index contributed by atoms with van der Waals surface area (Å²) in [5, 5.41) is 6.16. The van der Waals surface area contributed by atoms with E-state index in [-0.39, 0.29) is 6.42 Å². The molecule has 0 aliphatic carbocycles.